The predicted molar refractivity (Wildman–Crippen MR) is 104 cm³/mol. The van der Waals surface area contributed by atoms with Crippen LogP contribution in [-0.4, -0.2) is 51.8 Å². The molecule has 1 N–H and O–H groups in total. The van der Waals surface area contributed by atoms with Crippen molar-refractivity contribution < 1.29 is 14.6 Å². The van der Waals surface area contributed by atoms with Crippen LogP contribution in [0.15, 0.2) is 48.5 Å². The molecule has 1 saturated heterocycles. The molecule has 6 heteroatoms. The van der Waals surface area contributed by atoms with E-state index in [9.17, 15) is 9.90 Å². The summed E-state index contributed by atoms with van der Waals surface area (Å²) < 4.78 is 7.67. The molecule has 0 atom stereocenters. The lowest BCUT2D eigenvalue weighted by atomic mass is 10.2. The molecule has 1 aliphatic heterocycles. The Kier molecular flexibility index (Phi) is 5.07. The number of aromatic nitrogens is 2. The minimum absolute atomic E-state index is 0.129. The maximum atomic E-state index is 11.4. The molecule has 4 rings (SSSR count). The fourth-order valence-electron chi connectivity index (χ4n) is 3.61. The van der Waals surface area contributed by atoms with Crippen LogP contribution in [0.25, 0.3) is 22.4 Å². The van der Waals surface area contributed by atoms with E-state index in [-0.39, 0.29) is 6.54 Å². The van der Waals surface area contributed by atoms with E-state index >= 15 is 0 Å². The Bertz CT molecular complexity index is 945. The highest BCUT2D eigenvalue weighted by Gasteiger charge is 2.15. The van der Waals surface area contributed by atoms with Crippen LogP contribution in [0.1, 0.15) is 12.8 Å². The molecule has 0 spiro atoms. The van der Waals surface area contributed by atoms with Crippen LogP contribution >= 0.6 is 0 Å². The number of likely N-dealkylation sites (tertiary alicyclic amines) is 1. The summed E-state index contributed by atoms with van der Waals surface area (Å²) in [7, 11) is 0. The quantitative estimate of drug-likeness (QED) is 0.696. The van der Waals surface area contributed by atoms with Gasteiger partial charge in [-0.3, -0.25) is 9.69 Å². The van der Waals surface area contributed by atoms with E-state index in [1.165, 1.54) is 12.8 Å². The highest BCUT2D eigenvalue weighted by atomic mass is 16.5. The molecule has 6 nitrogen and oxygen atoms in total. The SMILES string of the molecule is O=C(O)Cn1c(-c2cccc(OCCN3CCCC3)c2)nc2ccccc21. The third-order valence-electron chi connectivity index (χ3n) is 4.92. The number of imidazole rings is 1. The van der Waals surface area contributed by atoms with Crippen LogP contribution in [-0.2, 0) is 11.3 Å². The van der Waals surface area contributed by atoms with Gasteiger partial charge in [-0.2, -0.15) is 0 Å². The maximum absolute atomic E-state index is 11.4. The molecule has 0 saturated carbocycles. The molecule has 1 aromatic heterocycles. The number of carbonyl (C=O) groups is 1. The van der Waals surface area contributed by atoms with Crippen molar-refractivity contribution in [1.29, 1.82) is 0 Å². The molecule has 0 bridgehead atoms. The monoisotopic (exact) mass is 365 g/mol. The molecule has 3 aromatic rings. The van der Waals surface area contributed by atoms with Crippen molar-refractivity contribution in [2.45, 2.75) is 19.4 Å². The number of benzene rings is 2. The van der Waals surface area contributed by atoms with E-state index in [2.05, 4.69) is 9.88 Å². The van der Waals surface area contributed by atoms with Crippen molar-refractivity contribution in [2.75, 3.05) is 26.2 Å². The molecule has 27 heavy (non-hydrogen) atoms. The summed E-state index contributed by atoms with van der Waals surface area (Å²) in [6.07, 6.45) is 2.55. The van der Waals surface area contributed by atoms with Crippen molar-refractivity contribution in [3.63, 3.8) is 0 Å². The van der Waals surface area contributed by atoms with E-state index < -0.39 is 5.97 Å². The molecule has 0 unspecified atom stereocenters. The van der Waals surface area contributed by atoms with Crippen LogP contribution in [0, 0.1) is 0 Å². The second-order valence-corrected chi connectivity index (χ2v) is 6.83. The predicted octanol–water partition coefficient (Wildman–Crippen LogP) is 3.26. The van der Waals surface area contributed by atoms with E-state index in [4.69, 9.17) is 4.74 Å². The molecular formula is C21H23N3O3. The smallest absolute Gasteiger partial charge is 0.323 e. The van der Waals surface area contributed by atoms with Crippen LogP contribution in [0.3, 0.4) is 0 Å². The second-order valence-electron chi connectivity index (χ2n) is 6.83. The van der Waals surface area contributed by atoms with Gasteiger partial charge in [-0.15, -0.1) is 0 Å². The first kappa shape index (κ1) is 17.5. The summed E-state index contributed by atoms with van der Waals surface area (Å²) in [5, 5.41) is 9.31. The van der Waals surface area contributed by atoms with Crippen molar-refractivity contribution in [3.8, 4) is 17.1 Å². The van der Waals surface area contributed by atoms with E-state index in [1.807, 2.05) is 48.5 Å². The number of rotatable bonds is 7. The van der Waals surface area contributed by atoms with Crippen molar-refractivity contribution in [1.82, 2.24) is 14.5 Å². The number of carboxylic acid groups (broad SMARTS) is 1. The fraction of sp³-hybridized carbons (Fsp3) is 0.333. The lowest BCUT2D eigenvalue weighted by Crippen LogP contribution is -2.25. The zero-order chi connectivity index (χ0) is 18.6. The number of hydrogen-bond donors (Lipinski definition) is 1. The van der Waals surface area contributed by atoms with Gasteiger partial charge in [0.05, 0.1) is 11.0 Å². The third-order valence-corrected chi connectivity index (χ3v) is 4.92. The Hall–Kier alpha value is -2.86. The van der Waals surface area contributed by atoms with Gasteiger partial charge in [0.1, 0.15) is 24.7 Å². The molecule has 0 radical (unpaired) electrons. The number of aliphatic carboxylic acids is 1. The Morgan fingerprint density at radius 1 is 1.11 bits per heavy atom. The maximum Gasteiger partial charge on any atom is 0.323 e. The minimum Gasteiger partial charge on any atom is -0.492 e. The third kappa shape index (κ3) is 3.95. The van der Waals surface area contributed by atoms with Gasteiger partial charge in [0, 0.05) is 12.1 Å². The molecular weight excluding hydrogens is 342 g/mol. The highest BCUT2D eigenvalue weighted by molar-refractivity contribution is 5.83. The van der Waals surface area contributed by atoms with E-state index in [1.54, 1.807) is 4.57 Å². The Morgan fingerprint density at radius 2 is 1.93 bits per heavy atom. The average Bonchev–Trinajstić information content (AvgIpc) is 3.30. The Labute approximate surface area is 158 Å². The van der Waals surface area contributed by atoms with Crippen molar-refractivity contribution in [2.24, 2.45) is 0 Å². The van der Waals surface area contributed by atoms with Gasteiger partial charge in [-0.1, -0.05) is 24.3 Å². The summed E-state index contributed by atoms with van der Waals surface area (Å²) in [6, 6.07) is 15.3. The Balaban J connectivity index is 1.58. The Morgan fingerprint density at radius 3 is 2.74 bits per heavy atom. The first-order valence-corrected chi connectivity index (χ1v) is 9.33. The zero-order valence-corrected chi connectivity index (χ0v) is 15.2. The first-order chi connectivity index (χ1) is 13.2. The number of nitrogens with zero attached hydrogens (tertiary/aromatic N) is 3. The van der Waals surface area contributed by atoms with Gasteiger partial charge in [0.25, 0.3) is 0 Å². The minimum atomic E-state index is -0.891. The molecule has 0 amide bonds. The van der Waals surface area contributed by atoms with Gasteiger partial charge in [-0.25, -0.2) is 4.98 Å². The van der Waals surface area contributed by atoms with Gasteiger partial charge in [0.2, 0.25) is 0 Å². The largest absolute Gasteiger partial charge is 0.492 e. The summed E-state index contributed by atoms with van der Waals surface area (Å²) >= 11 is 0. The van der Waals surface area contributed by atoms with Crippen LogP contribution in [0.2, 0.25) is 0 Å². The van der Waals surface area contributed by atoms with Crippen LogP contribution in [0.4, 0.5) is 0 Å². The van der Waals surface area contributed by atoms with Gasteiger partial charge < -0.3 is 14.4 Å². The van der Waals surface area contributed by atoms with Crippen molar-refractivity contribution >= 4 is 17.0 Å². The van der Waals surface area contributed by atoms with Gasteiger partial charge in [-0.05, 0) is 50.2 Å². The van der Waals surface area contributed by atoms with Gasteiger partial charge in [0.15, 0.2) is 0 Å². The summed E-state index contributed by atoms with van der Waals surface area (Å²) in [5.41, 5.74) is 2.45. The van der Waals surface area contributed by atoms with Crippen LogP contribution < -0.4 is 4.74 Å². The lowest BCUT2D eigenvalue weighted by Gasteiger charge is -2.15. The lowest BCUT2D eigenvalue weighted by molar-refractivity contribution is -0.137. The number of carboxylic acids is 1. The van der Waals surface area contributed by atoms with E-state index in [0.29, 0.717) is 12.4 Å². The van der Waals surface area contributed by atoms with Crippen molar-refractivity contribution in [3.05, 3.63) is 48.5 Å². The zero-order valence-electron chi connectivity index (χ0n) is 15.2. The highest BCUT2D eigenvalue weighted by Crippen LogP contribution is 2.27. The standard InChI is InChI=1S/C21H23N3O3/c25-20(26)15-24-19-9-2-1-8-18(19)22-21(24)16-6-5-7-17(14-16)27-13-12-23-10-3-4-11-23/h1-2,5-9,14H,3-4,10-13,15H2,(H,25,26). The molecule has 2 heterocycles. The number of ether oxygens (including phenoxy) is 1. The molecule has 1 fully saturated rings. The molecule has 2 aromatic carbocycles. The number of hydrogen-bond acceptors (Lipinski definition) is 4. The van der Waals surface area contributed by atoms with Crippen LogP contribution in [0.5, 0.6) is 5.75 Å². The topological polar surface area (TPSA) is 67.6 Å². The van der Waals surface area contributed by atoms with E-state index in [0.717, 1.165) is 42.0 Å². The number of fused-ring (bicyclic) bond motifs is 1. The number of para-hydroxylation sites is 2. The molecule has 0 aliphatic carbocycles. The molecule has 140 valence electrons. The molecule has 1 aliphatic rings. The first-order valence-electron chi connectivity index (χ1n) is 9.33. The second kappa shape index (κ2) is 7.80. The fourth-order valence-corrected chi connectivity index (χ4v) is 3.61. The summed E-state index contributed by atoms with van der Waals surface area (Å²) in [5.74, 6) is 0.529. The average molecular weight is 365 g/mol. The van der Waals surface area contributed by atoms with Gasteiger partial charge >= 0.3 is 5.97 Å². The summed E-state index contributed by atoms with van der Waals surface area (Å²) in [6.45, 7) is 3.76. The summed E-state index contributed by atoms with van der Waals surface area (Å²) in [4.78, 5) is 18.4. The normalized spacial score (nSPS) is 14.7.